The highest BCUT2D eigenvalue weighted by atomic mass is 32.1. The Morgan fingerprint density at radius 2 is 2.00 bits per heavy atom. The van der Waals surface area contributed by atoms with E-state index in [9.17, 15) is 0 Å². The first kappa shape index (κ1) is 13.6. The molecule has 1 aliphatic carbocycles. The number of hydrogen-bond acceptors (Lipinski definition) is 4. The Labute approximate surface area is 124 Å². The molecule has 106 valence electrons. The van der Waals surface area contributed by atoms with Crippen LogP contribution in [0.25, 0.3) is 10.6 Å². The van der Waals surface area contributed by atoms with E-state index in [2.05, 4.69) is 34.6 Å². The maximum atomic E-state index is 5.89. The van der Waals surface area contributed by atoms with Crippen molar-refractivity contribution in [3.8, 4) is 10.6 Å². The van der Waals surface area contributed by atoms with E-state index in [4.69, 9.17) is 5.73 Å². The smallest absolute Gasteiger partial charge is 0.123 e. The van der Waals surface area contributed by atoms with Crippen molar-refractivity contribution in [2.24, 2.45) is 11.7 Å². The van der Waals surface area contributed by atoms with Gasteiger partial charge in [0.25, 0.3) is 0 Å². The molecule has 1 fully saturated rings. The molecule has 0 spiro atoms. The Hall–Kier alpha value is -1.39. The zero-order valence-corrected chi connectivity index (χ0v) is 12.4. The Balaban J connectivity index is 1.68. The summed E-state index contributed by atoms with van der Waals surface area (Å²) in [5.41, 5.74) is 8.26. The summed E-state index contributed by atoms with van der Waals surface area (Å²) in [5.74, 6) is 0.613. The molecule has 0 radical (unpaired) electrons. The first-order valence-corrected chi connectivity index (χ1v) is 8.21. The topological polar surface area (TPSA) is 50.9 Å². The summed E-state index contributed by atoms with van der Waals surface area (Å²) in [6.45, 7) is 0.787. The van der Waals surface area contributed by atoms with Gasteiger partial charge >= 0.3 is 0 Å². The van der Waals surface area contributed by atoms with Gasteiger partial charge in [0.2, 0.25) is 0 Å². The molecule has 0 amide bonds. The van der Waals surface area contributed by atoms with Crippen molar-refractivity contribution in [3.63, 3.8) is 0 Å². The van der Waals surface area contributed by atoms with Gasteiger partial charge in [-0.3, -0.25) is 0 Å². The minimum atomic E-state index is 0.527. The third-order valence-corrected chi connectivity index (χ3v) is 4.95. The highest BCUT2D eigenvalue weighted by Crippen LogP contribution is 2.28. The van der Waals surface area contributed by atoms with Crippen LogP contribution in [0.4, 0.5) is 5.69 Å². The average molecular weight is 287 g/mol. The molecule has 3 nitrogen and oxygen atoms in total. The fourth-order valence-electron chi connectivity index (χ4n) is 2.97. The van der Waals surface area contributed by atoms with Crippen molar-refractivity contribution in [1.29, 1.82) is 0 Å². The lowest BCUT2D eigenvalue weighted by molar-refractivity contribution is 0.332. The van der Waals surface area contributed by atoms with Gasteiger partial charge in [0.1, 0.15) is 5.01 Å². The molecule has 3 N–H and O–H groups in total. The van der Waals surface area contributed by atoms with Gasteiger partial charge in [-0.2, -0.15) is 0 Å². The second-order valence-electron chi connectivity index (χ2n) is 5.45. The Kier molecular flexibility index (Phi) is 4.33. The predicted molar refractivity (Wildman–Crippen MR) is 86.0 cm³/mol. The number of thiazole rings is 1. The number of aromatic nitrogens is 1. The van der Waals surface area contributed by atoms with Crippen LogP contribution in [-0.2, 0) is 0 Å². The van der Waals surface area contributed by atoms with Crippen molar-refractivity contribution in [1.82, 2.24) is 4.98 Å². The van der Waals surface area contributed by atoms with Crippen molar-refractivity contribution in [3.05, 3.63) is 35.8 Å². The van der Waals surface area contributed by atoms with E-state index in [1.165, 1.54) is 36.9 Å². The van der Waals surface area contributed by atoms with Crippen LogP contribution in [0.15, 0.2) is 35.8 Å². The molecule has 20 heavy (non-hydrogen) atoms. The van der Waals surface area contributed by atoms with E-state index in [0.717, 1.165) is 11.6 Å². The number of rotatable bonds is 4. The van der Waals surface area contributed by atoms with Crippen LogP contribution in [0.1, 0.15) is 25.7 Å². The summed E-state index contributed by atoms with van der Waals surface area (Å²) in [5, 5.41) is 6.74. The van der Waals surface area contributed by atoms with E-state index in [1.54, 1.807) is 11.3 Å². The van der Waals surface area contributed by atoms with Gasteiger partial charge in [0.15, 0.2) is 0 Å². The molecule has 1 aliphatic rings. The molecule has 3 rings (SSSR count). The SMILES string of the molecule is NCC1CCCCC1Nc1ccc(-c2nccs2)cc1. The van der Waals surface area contributed by atoms with E-state index in [0.29, 0.717) is 12.0 Å². The van der Waals surface area contributed by atoms with Crippen molar-refractivity contribution >= 4 is 17.0 Å². The van der Waals surface area contributed by atoms with Gasteiger partial charge < -0.3 is 11.1 Å². The molecule has 2 atom stereocenters. The molecule has 4 heteroatoms. The highest BCUT2D eigenvalue weighted by Gasteiger charge is 2.23. The normalized spacial score (nSPS) is 22.6. The largest absolute Gasteiger partial charge is 0.382 e. The second kappa shape index (κ2) is 6.37. The molecule has 0 bridgehead atoms. The van der Waals surface area contributed by atoms with Crippen LogP contribution >= 0.6 is 11.3 Å². The van der Waals surface area contributed by atoms with Crippen LogP contribution < -0.4 is 11.1 Å². The predicted octanol–water partition coefficient (Wildman–Crippen LogP) is 3.74. The van der Waals surface area contributed by atoms with E-state index in [-0.39, 0.29) is 0 Å². The van der Waals surface area contributed by atoms with Gasteiger partial charge in [0.05, 0.1) is 0 Å². The molecule has 1 heterocycles. The van der Waals surface area contributed by atoms with Gasteiger partial charge in [-0.15, -0.1) is 11.3 Å². The summed E-state index contributed by atoms with van der Waals surface area (Å²) < 4.78 is 0. The molecule has 1 saturated carbocycles. The Bertz CT molecular complexity index is 521. The van der Waals surface area contributed by atoms with Gasteiger partial charge in [0, 0.05) is 28.9 Å². The number of benzene rings is 1. The molecular weight excluding hydrogens is 266 g/mol. The first-order valence-electron chi connectivity index (χ1n) is 7.33. The molecular formula is C16H21N3S. The van der Waals surface area contributed by atoms with Gasteiger partial charge in [-0.05, 0) is 49.6 Å². The van der Waals surface area contributed by atoms with E-state index >= 15 is 0 Å². The monoisotopic (exact) mass is 287 g/mol. The molecule has 2 unspecified atom stereocenters. The number of nitrogens with zero attached hydrogens (tertiary/aromatic N) is 1. The number of hydrogen-bond donors (Lipinski definition) is 2. The minimum Gasteiger partial charge on any atom is -0.382 e. The molecule has 0 saturated heterocycles. The fraction of sp³-hybridized carbons (Fsp3) is 0.438. The standard InChI is InChI=1S/C16H21N3S/c17-11-13-3-1-2-4-15(13)19-14-7-5-12(6-8-14)16-18-9-10-20-16/h5-10,13,15,19H,1-4,11,17H2. The molecule has 0 aliphatic heterocycles. The second-order valence-corrected chi connectivity index (χ2v) is 6.34. The van der Waals surface area contributed by atoms with Crippen LogP contribution in [0.3, 0.4) is 0 Å². The summed E-state index contributed by atoms with van der Waals surface area (Å²) >= 11 is 1.67. The quantitative estimate of drug-likeness (QED) is 0.900. The third-order valence-electron chi connectivity index (χ3n) is 4.13. The Morgan fingerprint density at radius 1 is 1.20 bits per heavy atom. The Morgan fingerprint density at radius 3 is 2.70 bits per heavy atom. The van der Waals surface area contributed by atoms with Crippen molar-refractivity contribution in [2.75, 3.05) is 11.9 Å². The minimum absolute atomic E-state index is 0.527. The summed E-state index contributed by atoms with van der Waals surface area (Å²) in [6, 6.07) is 9.11. The van der Waals surface area contributed by atoms with Crippen molar-refractivity contribution < 1.29 is 0 Å². The van der Waals surface area contributed by atoms with E-state index in [1.807, 2.05) is 11.6 Å². The van der Waals surface area contributed by atoms with Gasteiger partial charge in [-0.1, -0.05) is 12.8 Å². The van der Waals surface area contributed by atoms with Crippen LogP contribution in [-0.4, -0.2) is 17.6 Å². The van der Waals surface area contributed by atoms with Crippen LogP contribution in [0.5, 0.6) is 0 Å². The zero-order chi connectivity index (χ0) is 13.8. The maximum absolute atomic E-state index is 5.89. The lowest BCUT2D eigenvalue weighted by atomic mass is 9.84. The summed E-state index contributed by atoms with van der Waals surface area (Å²) in [4.78, 5) is 4.34. The van der Waals surface area contributed by atoms with E-state index < -0.39 is 0 Å². The first-order chi connectivity index (χ1) is 9.86. The summed E-state index contributed by atoms with van der Waals surface area (Å²) in [6.07, 6.45) is 6.97. The number of nitrogens with two attached hydrogens (primary N) is 1. The molecule has 1 aromatic carbocycles. The lowest BCUT2D eigenvalue weighted by Crippen LogP contribution is -2.36. The average Bonchev–Trinajstić information content (AvgIpc) is 3.03. The summed E-state index contributed by atoms with van der Waals surface area (Å²) in [7, 11) is 0. The zero-order valence-electron chi connectivity index (χ0n) is 11.6. The number of nitrogens with one attached hydrogen (secondary N) is 1. The van der Waals surface area contributed by atoms with Crippen molar-refractivity contribution in [2.45, 2.75) is 31.7 Å². The lowest BCUT2D eigenvalue weighted by Gasteiger charge is -2.32. The van der Waals surface area contributed by atoms with Crippen LogP contribution in [0, 0.1) is 5.92 Å². The molecule has 2 aromatic rings. The fourth-order valence-corrected chi connectivity index (χ4v) is 3.61. The van der Waals surface area contributed by atoms with Gasteiger partial charge in [-0.25, -0.2) is 4.98 Å². The maximum Gasteiger partial charge on any atom is 0.123 e. The number of anilines is 1. The highest BCUT2D eigenvalue weighted by molar-refractivity contribution is 7.13. The van der Waals surface area contributed by atoms with Crippen LogP contribution in [0.2, 0.25) is 0 Å². The molecule has 1 aromatic heterocycles. The third kappa shape index (κ3) is 3.02.